The summed E-state index contributed by atoms with van der Waals surface area (Å²) >= 11 is 3.42. The fraction of sp³-hybridized carbons (Fsp3) is 0.250. The number of pyridine rings is 1. The zero-order valence-corrected chi connectivity index (χ0v) is 15.9. The molecule has 1 aromatic heterocycles. The van der Waals surface area contributed by atoms with Crippen LogP contribution in [0.2, 0.25) is 0 Å². The summed E-state index contributed by atoms with van der Waals surface area (Å²) in [5.41, 5.74) is 1.55. The van der Waals surface area contributed by atoms with Gasteiger partial charge in [0.1, 0.15) is 0 Å². The summed E-state index contributed by atoms with van der Waals surface area (Å²) in [5.74, 6) is -0.0577. The Morgan fingerprint density at radius 1 is 1.04 bits per heavy atom. The summed E-state index contributed by atoms with van der Waals surface area (Å²) in [6, 6.07) is 11.3. The number of rotatable bonds is 3. The van der Waals surface area contributed by atoms with Crippen molar-refractivity contribution in [1.29, 1.82) is 0 Å². The van der Waals surface area contributed by atoms with E-state index in [1.54, 1.807) is 40.4 Å². The van der Waals surface area contributed by atoms with Gasteiger partial charge < -0.3 is 9.80 Å². The summed E-state index contributed by atoms with van der Waals surface area (Å²) in [4.78, 5) is 32.6. The fourth-order valence-electron chi connectivity index (χ4n) is 2.90. The molecule has 1 saturated heterocycles. The number of carbonyl (C=O) groups excluding carboxylic acids is 2. The van der Waals surface area contributed by atoms with Crippen LogP contribution in [-0.4, -0.2) is 52.8 Å². The number of nitrogens with zero attached hydrogens (tertiary/aromatic N) is 3. The maximum absolute atomic E-state index is 12.5. The van der Waals surface area contributed by atoms with E-state index in [0.29, 0.717) is 31.7 Å². The van der Waals surface area contributed by atoms with Crippen LogP contribution in [-0.2, 0) is 4.79 Å². The van der Waals surface area contributed by atoms with Gasteiger partial charge in [0.05, 0.1) is 5.56 Å². The molecule has 0 atom stereocenters. The standard InChI is InChI=1S/C20H20BrN3O2/c21-18-6-1-4-16(14-18)7-8-19(25)23-10-3-11-24(13-12-23)20(26)17-5-2-9-22-15-17/h1-2,4-9,14-15H,3,10-13H2/b8-7+. The molecule has 1 aromatic carbocycles. The minimum absolute atomic E-state index is 0.0272. The van der Waals surface area contributed by atoms with Gasteiger partial charge in [0.25, 0.3) is 5.91 Å². The third kappa shape index (κ3) is 4.79. The summed E-state index contributed by atoms with van der Waals surface area (Å²) in [6.07, 6.45) is 7.41. The molecule has 134 valence electrons. The molecule has 1 aliphatic heterocycles. The third-order valence-electron chi connectivity index (χ3n) is 4.27. The van der Waals surface area contributed by atoms with E-state index in [1.807, 2.05) is 30.3 Å². The Bertz CT molecular complexity index is 808. The van der Waals surface area contributed by atoms with E-state index < -0.39 is 0 Å². The molecule has 2 heterocycles. The van der Waals surface area contributed by atoms with Gasteiger partial charge in [-0.1, -0.05) is 28.1 Å². The number of amides is 2. The molecular formula is C20H20BrN3O2. The van der Waals surface area contributed by atoms with E-state index >= 15 is 0 Å². The van der Waals surface area contributed by atoms with Gasteiger partial charge in [0.15, 0.2) is 0 Å². The van der Waals surface area contributed by atoms with Crippen LogP contribution in [0.15, 0.2) is 59.3 Å². The largest absolute Gasteiger partial charge is 0.337 e. The van der Waals surface area contributed by atoms with E-state index in [-0.39, 0.29) is 11.8 Å². The lowest BCUT2D eigenvalue weighted by Crippen LogP contribution is -2.36. The van der Waals surface area contributed by atoms with Crippen LogP contribution in [0, 0.1) is 0 Å². The zero-order chi connectivity index (χ0) is 18.4. The highest BCUT2D eigenvalue weighted by atomic mass is 79.9. The van der Waals surface area contributed by atoms with Crippen LogP contribution in [0.1, 0.15) is 22.3 Å². The Labute approximate surface area is 161 Å². The average molecular weight is 414 g/mol. The number of aromatic nitrogens is 1. The number of hydrogen-bond acceptors (Lipinski definition) is 3. The summed E-state index contributed by atoms with van der Waals surface area (Å²) in [5, 5.41) is 0. The van der Waals surface area contributed by atoms with Gasteiger partial charge in [-0.3, -0.25) is 14.6 Å². The highest BCUT2D eigenvalue weighted by Crippen LogP contribution is 2.13. The van der Waals surface area contributed by atoms with Crippen LogP contribution < -0.4 is 0 Å². The maximum Gasteiger partial charge on any atom is 0.255 e. The number of benzene rings is 1. The van der Waals surface area contributed by atoms with E-state index in [2.05, 4.69) is 20.9 Å². The summed E-state index contributed by atoms with van der Waals surface area (Å²) in [7, 11) is 0. The van der Waals surface area contributed by atoms with Crippen LogP contribution in [0.25, 0.3) is 6.08 Å². The summed E-state index contributed by atoms with van der Waals surface area (Å²) in [6.45, 7) is 2.36. The molecule has 3 rings (SSSR count). The van der Waals surface area contributed by atoms with Gasteiger partial charge in [-0.2, -0.15) is 0 Å². The van der Waals surface area contributed by atoms with Crippen molar-refractivity contribution in [1.82, 2.24) is 14.8 Å². The highest BCUT2D eigenvalue weighted by molar-refractivity contribution is 9.10. The van der Waals surface area contributed by atoms with Gasteiger partial charge in [-0.05, 0) is 42.3 Å². The highest BCUT2D eigenvalue weighted by Gasteiger charge is 2.21. The second kappa shape index (κ2) is 8.76. The van der Waals surface area contributed by atoms with Crippen molar-refractivity contribution >= 4 is 33.8 Å². The minimum Gasteiger partial charge on any atom is -0.337 e. The second-order valence-electron chi connectivity index (χ2n) is 6.10. The van der Waals surface area contributed by atoms with Crippen LogP contribution in [0.5, 0.6) is 0 Å². The average Bonchev–Trinajstić information content (AvgIpc) is 2.92. The first-order valence-corrected chi connectivity index (χ1v) is 9.34. The first-order chi connectivity index (χ1) is 12.6. The van der Waals surface area contributed by atoms with Crippen LogP contribution in [0.4, 0.5) is 0 Å². The summed E-state index contributed by atoms with van der Waals surface area (Å²) < 4.78 is 0.978. The molecule has 0 saturated carbocycles. The second-order valence-corrected chi connectivity index (χ2v) is 7.02. The Balaban J connectivity index is 1.59. The molecule has 5 nitrogen and oxygen atoms in total. The van der Waals surface area contributed by atoms with Crippen LogP contribution >= 0.6 is 15.9 Å². The lowest BCUT2D eigenvalue weighted by molar-refractivity contribution is -0.125. The molecule has 2 amide bonds. The molecule has 0 bridgehead atoms. The SMILES string of the molecule is O=C(/C=C/c1cccc(Br)c1)N1CCCN(C(=O)c2cccnc2)CC1. The molecule has 26 heavy (non-hydrogen) atoms. The number of halogens is 1. The van der Waals surface area contributed by atoms with E-state index in [1.165, 1.54) is 0 Å². The third-order valence-corrected chi connectivity index (χ3v) is 4.76. The van der Waals surface area contributed by atoms with Crippen molar-refractivity contribution < 1.29 is 9.59 Å². The predicted octanol–water partition coefficient (Wildman–Crippen LogP) is 3.23. The Morgan fingerprint density at radius 3 is 2.62 bits per heavy atom. The van der Waals surface area contributed by atoms with E-state index in [9.17, 15) is 9.59 Å². The van der Waals surface area contributed by atoms with Gasteiger partial charge in [0.2, 0.25) is 5.91 Å². The van der Waals surface area contributed by atoms with E-state index in [4.69, 9.17) is 0 Å². The first kappa shape index (κ1) is 18.3. The molecule has 0 unspecified atom stereocenters. The van der Waals surface area contributed by atoms with Gasteiger partial charge in [-0.15, -0.1) is 0 Å². The first-order valence-electron chi connectivity index (χ1n) is 8.55. The van der Waals surface area contributed by atoms with Gasteiger partial charge in [0, 0.05) is 49.1 Å². The molecular weight excluding hydrogens is 394 g/mol. The Morgan fingerprint density at radius 2 is 1.85 bits per heavy atom. The fourth-order valence-corrected chi connectivity index (χ4v) is 3.31. The van der Waals surface area contributed by atoms with Gasteiger partial charge >= 0.3 is 0 Å². The van der Waals surface area contributed by atoms with Crippen molar-refractivity contribution in [3.05, 3.63) is 70.5 Å². The smallest absolute Gasteiger partial charge is 0.255 e. The maximum atomic E-state index is 12.5. The molecule has 0 N–H and O–H groups in total. The van der Waals surface area contributed by atoms with Crippen molar-refractivity contribution in [2.45, 2.75) is 6.42 Å². The molecule has 0 radical (unpaired) electrons. The van der Waals surface area contributed by atoms with Crippen molar-refractivity contribution in [3.63, 3.8) is 0 Å². The van der Waals surface area contributed by atoms with Crippen LogP contribution in [0.3, 0.4) is 0 Å². The Kier molecular flexibility index (Phi) is 6.17. The van der Waals surface area contributed by atoms with E-state index in [0.717, 1.165) is 16.5 Å². The molecule has 6 heteroatoms. The van der Waals surface area contributed by atoms with Crippen molar-refractivity contribution in [2.24, 2.45) is 0 Å². The van der Waals surface area contributed by atoms with Gasteiger partial charge in [-0.25, -0.2) is 0 Å². The van der Waals surface area contributed by atoms with Crippen molar-refractivity contribution in [2.75, 3.05) is 26.2 Å². The molecule has 1 fully saturated rings. The quantitative estimate of drug-likeness (QED) is 0.725. The molecule has 0 spiro atoms. The molecule has 2 aromatic rings. The lowest BCUT2D eigenvalue weighted by atomic mass is 10.2. The number of carbonyl (C=O) groups is 2. The normalized spacial score (nSPS) is 15.1. The molecule has 0 aliphatic carbocycles. The zero-order valence-electron chi connectivity index (χ0n) is 14.3. The molecule has 1 aliphatic rings. The van der Waals surface area contributed by atoms with Crippen molar-refractivity contribution in [3.8, 4) is 0 Å². The minimum atomic E-state index is -0.0305. The predicted molar refractivity (Wildman–Crippen MR) is 105 cm³/mol. The lowest BCUT2D eigenvalue weighted by Gasteiger charge is -2.21. The number of hydrogen-bond donors (Lipinski definition) is 0. The monoisotopic (exact) mass is 413 g/mol. The topological polar surface area (TPSA) is 53.5 Å². The Hall–Kier alpha value is -2.47.